The van der Waals surface area contributed by atoms with E-state index in [1.54, 1.807) is 0 Å². The van der Waals surface area contributed by atoms with Gasteiger partial charge in [-0.1, -0.05) is 23.7 Å². The van der Waals surface area contributed by atoms with Gasteiger partial charge in [0, 0.05) is 26.0 Å². The van der Waals surface area contributed by atoms with Gasteiger partial charge in [0.2, 0.25) is 10.0 Å². The molecule has 0 aliphatic rings. The zero-order valence-electron chi connectivity index (χ0n) is 11.6. The topological polar surface area (TPSA) is 70.5 Å². The molecule has 118 valence electrons. The van der Waals surface area contributed by atoms with Crippen LogP contribution in [0, 0.1) is 5.82 Å². The molecule has 2 aromatic rings. The number of likely N-dealkylation sites (N-methyl/N-ethyl adjacent to an activating group) is 1. The van der Waals surface area contributed by atoms with Crippen molar-refractivity contribution in [2.45, 2.75) is 11.0 Å². The molecular formula is C14H14ClFN2O3S. The third kappa shape index (κ3) is 3.80. The Hall–Kier alpha value is -1.54. The first kappa shape index (κ1) is 16.8. The lowest BCUT2D eigenvalue weighted by atomic mass is 10.1. The lowest BCUT2D eigenvalue weighted by molar-refractivity contribution is 0.155. The van der Waals surface area contributed by atoms with Crippen molar-refractivity contribution in [2.75, 3.05) is 13.6 Å². The number of hydrogen-bond donors (Lipinski definition) is 1. The number of aromatic nitrogens is 1. The highest BCUT2D eigenvalue weighted by Gasteiger charge is 2.24. The molecule has 0 saturated carbocycles. The summed E-state index contributed by atoms with van der Waals surface area (Å²) in [6.45, 7) is -0.180. The van der Waals surface area contributed by atoms with Gasteiger partial charge in [0.1, 0.15) is 10.7 Å². The van der Waals surface area contributed by atoms with Crippen LogP contribution in [0.3, 0.4) is 0 Å². The van der Waals surface area contributed by atoms with Crippen LogP contribution in [0.15, 0.2) is 47.6 Å². The maximum Gasteiger partial charge on any atom is 0.244 e. The highest BCUT2D eigenvalue weighted by Crippen LogP contribution is 2.21. The van der Waals surface area contributed by atoms with Gasteiger partial charge in [-0.15, -0.1) is 0 Å². The largest absolute Gasteiger partial charge is 0.387 e. The molecule has 1 aromatic heterocycles. The van der Waals surface area contributed by atoms with Crippen molar-refractivity contribution in [1.82, 2.24) is 9.29 Å². The summed E-state index contributed by atoms with van der Waals surface area (Å²) in [5.41, 5.74) is 0.424. The van der Waals surface area contributed by atoms with E-state index in [-0.39, 0.29) is 16.5 Å². The Labute approximate surface area is 133 Å². The molecule has 1 N–H and O–H groups in total. The number of hydrogen-bond acceptors (Lipinski definition) is 4. The maximum absolute atomic E-state index is 12.9. The lowest BCUT2D eigenvalue weighted by Crippen LogP contribution is -2.31. The fourth-order valence-electron chi connectivity index (χ4n) is 1.85. The second-order valence-corrected chi connectivity index (χ2v) is 7.17. The smallest absolute Gasteiger partial charge is 0.244 e. The molecule has 5 nitrogen and oxygen atoms in total. The van der Waals surface area contributed by atoms with Crippen molar-refractivity contribution in [2.24, 2.45) is 0 Å². The Kier molecular flexibility index (Phi) is 5.12. The average Bonchev–Trinajstić information content (AvgIpc) is 2.47. The van der Waals surface area contributed by atoms with E-state index < -0.39 is 21.9 Å². The Morgan fingerprint density at radius 3 is 2.55 bits per heavy atom. The van der Waals surface area contributed by atoms with Crippen LogP contribution in [0.4, 0.5) is 4.39 Å². The molecule has 0 fully saturated rings. The predicted molar refractivity (Wildman–Crippen MR) is 80.4 cm³/mol. The summed E-state index contributed by atoms with van der Waals surface area (Å²) in [5, 5.41) is 10.3. The average molecular weight is 345 g/mol. The first-order chi connectivity index (χ1) is 10.3. The number of aliphatic hydroxyl groups excluding tert-OH is 1. The van der Waals surface area contributed by atoms with Crippen molar-refractivity contribution in [3.05, 3.63) is 59.1 Å². The minimum Gasteiger partial charge on any atom is -0.387 e. The number of rotatable bonds is 5. The minimum atomic E-state index is -3.82. The zero-order chi connectivity index (χ0) is 16.3. The molecule has 0 saturated heterocycles. The summed E-state index contributed by atoms with van der Waals surface area (Å²) in [7, 11) is -2.48. The minimum absolute atomic E-state index is 0.0613. The number of sulfonamides is 1. The van der Waals surface area contributed by atoms with Gasteiger partial charge in [-0.3, -0.25) is 4.98 Å². The van der Waals surface area contributed by atoms with E-state index in [4.69, 9.17) is 11.6 Å². The molecule has 0 aliphatic carbocycles. The molecule has 1 atom stereocenters. The zero-order valence-corrected chi connectivity index (χ0v) is 13.2. The van der Waals surface area contributed by atoms with Gasteiger partial charge in [0.05, 0.1) is 11.1 Å². The highest BCUT2D eigenvalue weighted by atomic mass is 35.5. The van der Waals surface area contributed by atoms with E-state index in [0.717, 1.165) is 4.31 Å². The summed E-state index contributed by atoms with van der Waals surface area (Å²) in [6, 6.07) is 6.50. The van der Waals surface area contributed by atoms with Crippen LogP contribution in [-0.4, -0.2) is 36.4 Å². The van der Waals surface area contributed by atoms with Crippen LogP contribution >= 0.6 is 11.6 Å². The van der Waals surface area contributed by atoms with E-state index >= 15 is 0 Å². The van der Waals surface area contributed by atoms with Crippen LogP contribution in [0.1, 0.15) is 11.7 Å². The van der Waals surface area contributed by atoms with Crippen LogP contribution in [0.25, 0.3) is 0 Å². The molecule has 0 aliphatic heterocycles. The van der Waals surface area contributed by atoms with Crippen LogP contribution < -0.4 is 0 Å². The Bertz CT molecular complexity index is 753. The molecular weight excluding hydrogens is 331 g/mol. The standard InChI is InChI=1S/C14H14ClFN2O3S/c1-18(9-14(19)10-2-4-12(16)5-3-10)22(20,21)13-6-11(15)7-17-8-13/h2-8,14,19H,9H2,1H3/t14-/m0/s1. The molecule has 2 rings (SSSR count). The summed E-state index contributed by atoms with van der Waals surface area (Å²) < 4.78 is 38.6. The van der Waals surface area contributed by atoms with Crippen molar-refractivity contribution < 1.29 is 17.9 Å². The first-order valence-corrected chi connectivity index (χ1v) is 8.13. The molecule has 0 unspecified atom stereocenters. The van der Waals surface area contributed by atoms with Gasteiger partial charge in [0.15, 0.2) is 0 Å². The van der Waals surface area contributed by atoms with E-state index in [1.165, 1.54) is 49.8 Å². The molecule has 1 heterocycles. The summed E-state index contributed by atoms with van der Waals surface area (Å²) in [6.07, 6.45) is 1.43. The molecule has 0 spiro atoms. The highest BCUT2D eigenvalue weighted by molar-refractivity contribution is 7.89. The number of nitrogens with zero attached hydrogens (tertiary/aromatic N) is 2. The molecule has 0 amide bonds. The van der Waals surface area contributed by atoms with Crippen molar-refractivity contribution >= 4 is 21.6 Å². The summed E-state index contributed by atoms with van der Waals surface area (Å²) >= 11 is 5.74. The molecule has 0 radical (unpaired) electrons. The predicted octanol–water partition coefficient (Wildman–Crippen LogP) is 2.23. The maximum atomic E-state index is 12.9. The van der Waals surface area contributed by atoms with Crippen LogP contribution in [0.2, 0.25) is 5.02 Å². The summed E-state index contributed by atoms with van der Waals surface area (Å²) in [4.78, 5) is 3.68. The number of halogens is 2. The molecule has 8 heteroatoms. The molecule has 0 bridgehead atoms. The normalized spacial score (nSPS) is 13.3. The van der Waals surface area contributed by atoms with Gasteiger partial charge >= 0.3 is 0 Å². The van der Waals surface area contributed by atoms with E-state index in [0.29, 0.717) is 5.56 Å². The van der Waals surface area contributed by atoms with Gasteiger partial charge in [0.25, 0.3) is 0 Å². The third-order valence-corrected chi connectivity index (χ3v) is 5.07. The third-order valence-electron chi connectivity index (χ3n) is 3.07. The first-order valence-electron chi connectivity index (χ1n) is 6.31. The fraction of sp³-hybridized carbons (Fsp3) is 0.214. The fourth-order valence-corrected chi connectivity index (χ4v) is 3.25. The summed E-state index contributed by atoms with van der Waals surface area (Å²) in [5.74, 6) is -0.429. The van der Waals surface area contributed by atoms with E-state index in [9.17, 15) is 17.9 Å². The second kappa shape index (κ2) is 6.70. The number of benzene rings is 1. The molecule has 22 heavy (non-hydrogen) atoms. The van der Waals surface area contributed by atoms with E-state index in [1.807, 2.05) is 0 Å². The second-order valence-electron chi connectivity index (χ2n) is 4.69. The van der Waals surface area contributed by atoms with Crippen molar-refractivity contribution in [3.8, 4) is 0 Å². The lowest BCUT2D eigenvalue weighted by Gasteiger charge is -2.20. The van der Waals surface area contributed by atoms with Gasteiger partial charge < -0.3 is 5.11 Å². The van der Waals surface area contributed by atoms with Crippen LogP contribution in [-0.2, 0) is 10.0 Å². The Balaban J connectivity index is 2.17. The Morgan fingerprint density at radius 1 is 1.32 bits per heavy atom. The molecule has 1 aromatic carbocycles. The quantitative estimate of drug-likeness (QED) is 0.903. The van der Waals surface area contributed by atoms with Gasteiger partial charge in [-0.05, 0) is 23.8 Å². The van der Waals surface area contributed by atoms with E-state index in [2.05, 4.69) is 4.98 Å². The van der Waals surface area contributed by atoms with Crippen LogP contribution in [0.5, 0.6) is 0 Å². The van der Waals surface area contributed by atoms with Gasteiger partial charge in [-0.25, -0.2) is 12.8 Å². The monoisotopic (exact) mass is 344 g/mol. The number of aliphatic hydroxyl groups is 1. The van der Waals surface area contributed by atoms with Crippen molar-refractivity contribution in [3.63, 3.8) is 0 Å². The Morgan fingerprint density at radius 2 is 1.95 bits per heavy atom. The van der Waals surface area contributed by atoms with Gasteiger partial charge in [-0.2, -0.15) is 4.31 Å². The van der Waals surface area contributed by atoms with Crippen molar-refractivity contribution in [1.29, 1.82) is 0 Å². The number of pyridine rings is 1. The SMILES string of the molecule is CN(C[C@H](O)c1ccc(F)cc1)S(=O)(=O)c1cncc(Cl)c1.